The van der Waals surface area contributed by atoms with Crippen LogP contribution in [0, 0.1) is 0 Å². The van der Waals surface area contributed by atoms with Crippen LogP contribution >= 0.6 is 11.6 Å². The van der Waals surface area contributed by atoms with E-state index in [4.69, 9.17) is 16.3 Å². The molecule has 0 saturated carbocycles. The fourth-order valence-corrected chi connectivity index (χ4v) is 6.18. The average molecular weight is 550 g/mol. The number of carbonyl (C=O) groups excluding carboxylic acids is 2. The molecule has 37 heavy (non-hydrogen) atoms. The molecule has 2 aromatic rings. The van der Waals surface area contributed by atoms with Crippen LogP contribution in [0.5, 0.6) is 0 Å². The van der Waals surface area contributed by atoms with Crippen molar-refractivity contribution in [3.63, 3.8) is 0 Å². The lowest BCUT2D eigenvalue weighted by molar-refractivity contribution is -0.135. The number of amides is 2. The van der Waals surface area contributed by atoms with Gasteiger partial charge in [0.05, 0.1) is 18.9 Å². The maximum atomic E-state index is 13.7. The van der Waals surface area contributed by atoms with Gasteiger partial charge in [-0.15, -0.1) is 0 Å². The Kier molecular flexibility index (Phi) is 10.9. The zero-order valence-corrected chi connectivity index (χ0v) is 23.1. The number of ether oxygens (including phenoxy) is 1. The van der Waals surface area contributed by atoms with Gasteiger partial charge in [0.15, 0.2) is 0 Å². The molecule has 1 fully saturated rings. The highest BCUT2D eigenvalue weighted by atomic mass is 35.5. The zero-order chi connectivity index (χ0) is 26.8. The molecule has 1 aliphatic heterocycles. The Morgan fingerprint density at radius 1 is 1.08 bits per heavy atom. The summed E-state index contributed by atoms with van der Waals surface area (Å²) in [6, 6.07) is 16.3. The number of piperidine rings is 1. The maximum absolute atomic E-state index is 13.7. The SMILES string of the molecule is CCCS(=O)(=O)N(CCOC)CC(=O)N(Cc1cccc(Cl)c1)C1CCN(C(=O)c2ccccc2)CC1. The summed E-state index contributed by atoms with van der Waals surface area (Å²) in [7, 11) is -2.10. The summed E-state index contributed by atoms with van der Waals surface area (Å²) in [5.74, 6) is -0.329. The second-order valence-electron chi connectivity index (χ2n) is 9.18. The van der Waals surface area contributed by atoms with E-state index < -0.39 is 10.0 Å². The van der Waals surface area contributed by atoms with Crippen LogP contribution in [0.25, 0.3) is 0 Å². The number of sulfonamides is 1. The molecule has 1 aliphatic rings. The highest BCUT2D eigenvalue weighted by Gasteiger charge is 2.32. The molecule has 10 heteroatoms. The van der Waals surface area contributed by atoms with Crippen molar-refractivity contribution in [2.45, 2.75) is 38.8 Å². The number of likely N-dealkylation sites (tertiary alicyclic amines) is 1. The lowest BCUT2D eigenvalue weighted by Gasteiger charge is -2.39. The second-order valence-corrected chi connectivity index (χ2v) is 11.7. The first-order valence-electron chi connectivity index (χ1n) is 12.6. The second kappa shape index (κ2) is 13.9. The van der Waals surface area contributed by atoms with Crippen LogP contribution in [-0.4, -0.2) is 86.0 Å². The van der Waals surface area contributed by atoms with E-state index in [1.807, 2.05) is 41.3 Å². The van der Waals surface area contributed by atoms with E-state index in [0.717, 1.165) is 5.56 Å². The van der Waals surface area contributed by atoms with Gasteiger partial charge in [-0.2, -0.15) is 4.31 Å². The highest BCUT2D eigenvalue weighted by Crippen LogP contribution is 2.23. The summed E-state index contributed by atoms with van der Waals surface area (Å²) >= 11 is 6.19. The summed E-state index contributed by atoms with van der Waals surface area (Å²) < 4.78 is 32.1. The molecule has 0 aliphatic carbocycles. The van der Waals surface area contributed by atoms with Crippen molar-refractivity contribution in [1.29, 1.82) is 0 Å². The average Bonchev–Trinajstić information content (AvgIpc) is 2.89. The predicted octanol–water partition coefficient (Wildman–Crippen LogP) is 3.66. The van der Waals surface area contributed by atoms with E-state index in [1.54, 1.807) is 30.0 Å². The normalized spacial score (nSPS) is 14.6. The van der Waals surface area contributed by atoms with Crippen LogP contribution in [0.3, 0.4) is 0 Å². The summed E-state index contributed by atoms with van der Waals surface area (Å²) in [6.07, 6.45) is 1.66. The van der Waals surface area contributed by atoms with E-state index >= 15 is 0 Å². The van der Waals surface area contributed by atoms with Gasteiger partial charge in [-0.3, -0.25) is 9.59 Å². The van der Waals surface area contributed by atoms with Gasteiger partial charge in [0.2, 0.25) is 15.9 Å². The van der Waals surface area contributed by atoms with Gasteiger partial charge in [-0.1, -0.05) is 48.9 Å². The minimum Gasteiger partial charge on any atom is -0.383 e. The number of methoxy groups -OCH3 is 1. The van der Waals surface area contributed by atoms with E-state index in [2.05, 4.69) is 0 Å². The standard InChI is InChI=1S/C27H36ClN3O5S/c1-3-18-37(34,35)30(16-17-36-2)21-26(32)31(20-22-8-7-11-24(28)19-22)25-12-14-29(15-13-25)27(33)23-9-5-4-6-10-23/h4-11,19,25H,3,12-18,20-21H2,1-2H3. The fourth-order valence-electron chi connectivity index (χ4n) is 4.54. The molecule has 2 aromatic carbocycles. The largest absolute Gasteiger partial charge is 0.383 e. The fraction of sp³-hybridized carbons (Fsp3) is 0.481. The van der Waals surface area contributed by atoms with E-state index in [0.29, 0.717) is 49.5 Å². The van der Waals surface area contributed by atoms with Crippen LogP contribution in [0.2, 0.25) is 5.02 Å². The number of benzene rings is 2. The zero-order valence-electron chi connectivity index (χ0n) is 21.5. The number of hydrogen-bond acceptors (Lipinski definition) is 5. The topological polar surface area (TPSA) is 87.2 Å². The van der Waals surface area contributed by atoms with Crippen molar-refractivity contribution in [1.82, 2.24) is 14.1 Å². The Bertz CT molecular complexity index is 1140. The molecular weight excluding hydrogens is 514 g/mol. The number of carbonyl (C=O) groups is 2. The Labute approximate surface area is 225 Å². The summed E-state index contributed by atoms with van der Waals surface area (Å²) in [4.78, 5) is 30.1. The van der Waals surface area contributed by atoms with E-state index in [-0.39, 0.29) is 43.3 Å². The number of nitrogens with zero attached hydrogens (tertiary/aromatic N) is 3. The summed E-state index contributed by atoms with van der Waals surface area (Å²) in [5.41, 5.74) is 1.51. The van der Waals surface area contributed by atoms with Gasteiger partial charge in [0.1, 0.15) is 0 Å². The third-order valence-corrected chi connectivity index (χ3v) is 8.75. The van der Waals surface area contributed by atoms with Crippen LogP contribution in [-0.2, 0) is 26.1 Å². The monoisotopic (exact) mass is 549 g/mol. The quantitative estimate of drug-likeness (QED) is 0.403. The van der Waals surface area contributed by atoms with Crippen molar-refractivity contribution in [2.75, 3.05) is 45.6 Å². The first kappa shape index (κ1) is 29.1. The molecule has 0 spiro atoms. The smallest absolute Gasteiger partial charge is 0.253 e. The number of halogens is 1. The van der Waals surface area contributed by atoms with Crippen LogP contribution in [0.15, 0.2) is 54.6 Å². The molecule has 202 valence electrons. The molecule has 3 rings (SSSR count). The van der Waals surface area contributed by atoms with Crippen molar-refractivity contribution in [3.05, 3.63) is 70.7 Å². The molecule has 0 aromatic heterocycles. The Hall–Kier alpha value is -2.46. The molecule has 8 nitrogen and oxygen atoms in total. The molecule has 1 heterocycles. The third-order valence-electron chi connectivity index (χ3n) is 6.49. The van der Waals surface area contributed by atoms with Gasteiger partial charge >= 0.3 is 0 Å². The first-order chi connectivity index (χ1) is 17.7. The van der Waals surface area contributed by atoms with Crippen LogP contribution in [0.1, 0.15) is 42.1 Å². The van der Waals surface area contributed by atoms with Crippen molar-refractivity contribution in [3.8, 4) is 0 Å². The molecule has 0 radical (unpaired) electrons. The minimum atomic E-state index is -3.60. The Morgan fingerprint density at radius 2 is 1.78 bits per heavy atom. The molecule has 0 atom stereocenters. The van der Waals surface area contributed by atoms with E-state index in [1.165, 1.54) is 11.4 Å². The minimum absolute atomic E-state index is 0.0248. The van der Waals surface area contributed by atoms with Gasteiger partial charge in [0.25, 0.3) is 5.91 Å². The van der Waals surface area contributed by atoms with Crippen molar-refractivity contribution >= 4 is 33.4 Å². The highest BCUT2D eigenvalue weighted by molar-refractivity contribution is 7.89. The molecule has 0 unspecified atom stereocenters. The molecule has 1 saturated heterocycles. The van der Waals surface area contributed by atoms with Crippen molar-refractivity contribution < 1.29 is 22.7 Å². The number of rotatable bonds is 12. The van der Waals surface area contributed by atoms with Gasteiger partial charge in [-0.05, 0) is 49.1 Å². The lowest BCUT2D eigenvalue weighted by atomic mass is 10.0. The molecule has 0 bridgehead atoms. The van der Waals surface area contributed by atoms with Gasteiger partial charge < -0.3 is 14.5 Å². The third kappa shape index (κ3) is 8.26. The Balaban J connectivity index is 1.78. The molecular formula is C27H36ClN3O5S. The van der Waals surface area contributed by atoms with E-state index in [9.17, 15) is 18.0 Å². The van der Waals surface area contributed by atoms with Crippen LogP contribution < -0.4 is 0 Å². The maximum Gasteiger partial charge on any atom is 0.253 e. The van der Waals surface area contributed by atoms with Gasteiger partial charge in [-0.25, -0.2) is 8.42 Å². The predicted molar refractivity (Wildman–Crippen MR) is 145 cm³/mol. The summed E-state index contributed by atoms with van der Waals surface area (Å²) in [6.45, 7) is 3.18. The molecule has 2 amide bonds. The number of hydrogen-bond donors (Lipinski definition) is 0. The summed E-state index contributed by atoms with van der Waals surface area (Å²) in [5, 5.41) is 0.570. The van der Waals surface area contributed by atoms with Crippen molar-refractivity contribution in [2.24, 2.45) is 0 Å². The molecule has 0 N–H and O–H groups in total. The van der Waals surface area contributed by atoms with Gasteiger partial charge in [0, 0.05) is 49.9 Å². The lowest BCUT2D eigenvalue weighted by Crippen LogP contribution is -2.51. The van der Waals surface area contributed by atoms with Crippen LogP contribution in [0.4, 0.5) is 0 Å². The first-order valence-corrected chi connectivity index (χ1v) is 14.6. The Morgan fingerprint density at radius 3 is 2.41 bits per heavy atom.